The summed E-state index contributed by atoms with van der Waals surface area (Å²) in [5.41, 5.74) is 0.209. The molecule has 7 heteroatoms. The van der Waals surface area contributed by atoms with E-state index in [1.54, 1.807) is 0 Å². The molecule has 0 spiro atoms. The van der Waals surface area contributed by atoms with Crippen LogP contribution >= 0.6 is 27.5 Å². The van der Waals surface area contributed by atoms with Crippen LogP contribution in [0.1, 0.15) is 32.4 Å². The largest absolute Gasteiger partial charge is 0.452 e. The third-order valence-corrected chi connectivity index (χ3v) is 6.55. The summed E-state index contributed by atoms with van der Waals surface area (Å²) in [6.45, 7) is 5.42. The molecule has 108 valence electrons. The molecule has 2 heterocycles. The second-order valence-corrected chi connectivity index (χ2v) is 8.45. The van der Waals surface area contributed by atoms with E-state index in [1.807, 2.05) is 0 Å². The minimum absolute atomic E-state index is 0.154. The lowest BCUT2D eigenvalue weighted by Gasteiger charge is -2.35. The lowest BCUT2D eigenvalue weighted by atomic mass is 9.83. The molecule has 1 aliphatic heterocycles. The van der Waals surface area contributed by atoms with Crippen molar-refractivity contribution in [3.63, 3.8) is 0 Å². The van der Waals surface area contributed by atoms with Gasteiger partial charge in [-0.25, -0.2) is 8.42 Å². The van der Waals surface area contributed by atoms with Gasteiger partial charge in [0.05, 0.1) is 5.88 Å². The van der Waals surface area contributed by atoms with Gasteiger partial charge in [-0.1, -0.05) is 13.8 Å². The van der Waals surface area contributed by atoms with Crippen LogP contribution in [0.4, 0.5) is 0 Å². The van der Waals surface area contributed by atoms with Crippen molar-refractivity contribution in [3.8, 4) is 0 Å². The highest BCUT2D eigenvalue weighted by atomic mass is 79.9. The maximum Gasteiger partial charge on any atom is 0.247 e. The third-order valence-electron chi connectivity index (χ3n) is 3.53. The fourth-order valence-electron chi connectivity index (χ4n) is 2.11. The van der Waals surface area contributed by atoms with Gasteiger partial charge in [-0.3, -0.25) is 0 Å². The van der Waals surface area contributed by atoms with Crippen LogP contribution in [0.5, 0.6) is 0 Å². The zero-order valence-corrected chi connectivity index (χ0v) is 14.1. The molecule has 0 N–H and O–H groups in total. The van der Waals surface area contributed by atoms with Gasteiger partial charge >= 0.3 is 0 Å². The summed E-state index contributed by atoms with van der Waals surface area (Å²) in [6, 6.07) is 1.49. The second kappa shape index (κ2) is 5.39. The van der Waals surface area contributed by atoms with Crippen molar-refractivity contribution >= 4 is 37.6 Å². The van der Waals surface area contributed by atoms with Crippen LogP contribution in [0.2, 0.25) is 0 Å². The number of nitrogens with zero attached hydrogens (tertiary/aromatic N) is 1. The Morgan fingerprint density at radius 3 is 2.47 bits per heavy atom. The van der Waals surface area contributed by atoms with Gasteiger partial charge in [0.1, 0.15) is 10.7 Å². The van der Waals surface area contributed by atoms with Crippen LogP contribution in [0.3, 0.4) is 0 Å². The monoisotopic (exact) mass is 369 g/mol. The lowest BCUT2D eigenvalue weighted by molar-refractivity contribution is 0.195. The van der Waals surface area contributed by atoms with Crippen molar-refractivity contribution < 1.29 is 12.8 Å². The first-order valence-corrected chi connectivity index (χ1v) is 8.87. The molecule has 0 unspecified atom stereocenters. The highest BCUT2D eigenvalue weighted by molar-refractivity contribution is 9.10. The minimum atomic E-state index is -3.50. The fourth-order valence-corrected chi connectivity index (χ4v) is 4.64. The number of hydrogen-bond donors (Lipinski definition) is 0. The standard InChI is InChI=1S/C12H17BrClNO3S/c1-12(2)3-5-15(6-4-12)19(16,17)10-7-9(8-14)18-11(10)13/h7H,3-6,8H2,1-2H3. The van der Waals surface area contributed by atoms with Crippen molar-refractivity contribution in [2.45, 2.75) is 37.5 Å². The molecule has 1 fully saturated rings. The summed E-state index contributed by atoms with van der Waals surface area (Å²) in [6.07, 6.45) is 1.73. The molecule has 1 aromatic rings. The first-order valence-electron chi connectivity index (χ1n) is 6.10. The molecule has 0 radical (unpaired) electrons. The van der Waals surface area contributed by atoms with E-state index in [4.69, 9.17) is 16.0 Å². The number of hydrogen-bond acceptors (Lipinski definition) is 3. The van der Waals surface area contributed by atoms with E-state index in [2.05, 4.69) is 29.8 Å². The summed E-state index contributed by atoms with van der Waals surface area (Å²) in [5, 5.41) is 0. The van der Waals surface area contributed by atoms with Crippen molar-refractivity contribution in [1.29, 1.82) is 0 Å². The molecule has 0 amide bonds. The number of piperidine rings is 1. The summed E-state index contributed by atoms with van der Waals surface area (Å²) in [4.78, 5) is 0.169. The smallest absolute Gasteiger partial charge is 0.247 e. The van der Waals surface area contributed by atoms with Crippen LogP contribution in [0, 0.1) is 5.41 Å². The molecule has 2 rings (SSSR count). The van der Waals surface area contributed by atoms with Gasteiger partial charge in [0.15, 0.2) is 4.67 Å². The maximum atomic E-state index is 12.5. The van der Waals surface area contributed by atoms with Gasteiger partial charge in [0.25, 0.3) is 0 Å². The Morgan fingerprint density at radius 1 is 1.42 bits per heavy atom. The average molecular weight is 371 g/mol. The second-order valence-electron chi connectivity index (χ2n) is 5.55. The molecule has 19 heavy (non-hydrogen) atoms. The molecule has 0 atom stereocenters. The molecular weight excluding hydrogens is 354 g/mol. The lowest BCUT2D eigenvalue weighted by Crippen LogP contribution is -2.41. The minimum Gasteiger partial charge on any atom is -0.452 e. The van der Waals surface area contributed by atoms with E-state index in [-0.39, 0.29) is 20.9 Å². The van der Waals surface area contributed by atoms with E-state index in [0.29, 0.717) is 18.8 Å². The number of alkyl halides is 1. The number of halogens is 2. The molecular formula is C12H17BrClNO3S. The van der Waals surface area contributed by atoms with Crippen LogP contribution in [0.15, 0.2) is 20.0 Å². The molecule has 4 nitrogen and oxygen atoms in total. The summed E-state index contributed by atoms with van der Waals surface area (Å²) >= 11 is 8.81. The number of rotatable bonds is 3. The first kappa shape index (κ1) is 15.4. The number of furan rings is 1. The first-order chi connectivity index (χ1) is 8.76. The Morgan fingerprint density at radius 2 is 2.00 bits per heavy atom. The van der Waals surface area contributed by atoms with Gasteiger partial charge in [-0.15, -0.1) is 11.6 Å². The molecule has 1 saturated heterocycles. The van der Waals surface area contributed by atoms with E-state index in [9.17, 15) is 8.42 Å². The van der Waals surface area contributed by atoms with Crippen LogP contribution in [0.25, 0.3) is 0 Å². The zero-order chi connectivity index (χ0) is 14.3. The van der Waals surface area contributed by atoms with Gasteiger partial charge in [-0.05, 0) is 34.2 Å². The van der Waals surface area contributed by atoms with E-state index in [1.165, 1.54) is 10.4 Å². The van der Waals surface area contributed by atoms with Gasteiger partial charge in [0.2, 0.25) is 10.0 Å². The summed E-state index contributed by atoms with van der Waals surface area (Å²) < 4.78 is 32.1. The fraction of sp³-hybridized carbons (Fsp3) is 0.667. The SMILES string of the molecule is CC1(C)CCN(S(=O)(=O)c2cc(CCl)oc2Br)CC1. The van der Waals surface area contributed by atoms with Crippen molar-refractivity contribution in [2.24, 2.45) is 5.41 Å². The van der Waals surface area contributed by atoms with Gasteiger partial charge in [0, 0.05) is 19.2 Å². The van der Waals surface area contributed by atoms with Crippen LogP contribution in [-0.4, -0.2) is 25.8 Å². The van der Waals surface area contributed by atoms with Crippen LogP contribution in [-0.2, 0) is 15.9 Å². The van der Waals surface area contributed by atoms with Gasteiger partial charge in [-0.2, -0.15) is 4.31 Å². The Kier molecular flexibility index (Phi) is 4.35. The summed E-state index contributed by atoms with van der Waals surface area (Å²) in [5.74, 6) is 0.602. The predicted molar refractivity (Wildman–Crippen MR) is 77.7 cm³/mol. The van der Waals surface area contributed by atoms with Crippen molar-refractivity contribution in [2.75, 3.05) is 13.1 Å². The Hall–Kier alpha value is -0.0400. The van der Waals surface area contributed by atoms with Crippen molar-refractivity contribution in [3.05, 3.63) is 16.5 Å². The highest BCUT2D eigenvalue weighted by Crippen LogP contribution is 2.35. The molecule has 0 aliphatic carbocycles. The topological polar surface area (TPSA) is 50.5 Å². The quantitative estimate of drug-likeness (QED) is 0.764. The molecule has 0 bridgehead atoms. The van der Waals surface area contributed by atoms with Crippen LogP contribution < -0.4 is 0 Å². The normalized spacial score (nSPS) is 20.6. The Labute approximate surface area is 127 Å². The third kappa shape index (κ3) is 3.17. The Balaban J connectivity index is 2.25. The predicted octanol–water partition coefficient (Wildman–Crippen LogP) is 3.59. The molecule has 1 aromatic heterocycles. The number of sulfonamides is 1. The maximum absolute atomic E-state index is 12.5. The average Bonchev–Trinajstić information content (AvgIpc) is 2.70. The molecule has 0 aromatic carbocycles. The highest BCUT2D eigenvalue weighted by Gasteiger charge is 2.34. The van der Waals surface area contributed by atoms with Gasteiger partial charge < -0.3 is 4.42 Å². The molecule has 1 aliphatic rings. The summed E-state index contributed by atoms with van der Waals surface area (Å²) in [7, 11) is -3.50. The van der Waals surface area contributed by atoms with E-state index >= 15 is 0 Å². The Bertz CT molecular complexity index is 558. The molecule has 0 saturated carbocycles. The van der Waals surface area contributed by atoms with E-state index in [0.717, 1.165) is 12.8 Å². The van der Waals surface area contributed by atoms with Crippen molar-refractivity contribution in [1.82, 2.24) is 4.31 Å². The van der Waals surface area contributed by atoms with E-state index < -0.39 is 10.0 Å². The zero-order valence-electron chi connectivity index (χ0n) is 10.9.